The van der Waals surface area contributed by atoms with Crippen LogP contribution in [-0.2, 0) is 21.2 Å². The molecule has 2 atom stereocenters. The molecular weight excluding hydrogens is 274 g/mol. The highest BCUT2D eigenvalue weighted by Crippen LogP contribution is 2.27. The third-order valence-corrected chi connectivity index (χ3v) is 5.10. The first-order valence-corrected chi connectivity index (χ1v) is 7.80. The largest absolute Gasteiger partial charge is 0.381 e. The van der Waals surface area contributed by atoms with Crippen LogP contribution in [-0.4, -0.2) is 26.9 Å². The van der Waals surface area contributed by atoms with Gasteiger partial charge in [-0.15, -0.1) is 0 Å². The molecule has 6 heteroatoms. The lowest BCUT2D eigenvalue weighted by Crippen LogP contribution is -2.42. The molecule has 100 valence electrons. The van der Waals surface area contributed by atoms with Crippen molar-refractivity contribution in [1.29, 1.82) is 0 Å². The van der Waals surface area contributed by atoms with Gasteiger partial charge < -0.3 is 4.74 Å². The minimum atomic E-state index is -3.53. The number of hydrogen-bond acceptors (Lipinski definition) is 3. The van der Waals surface area contributed by atoms with Crippen molar-refractivity contribution in [2.24, 2.45) is 11.1 Å². The molecule has 1 aromatic rings. The van der Waals surface area contributed by atoms with E-state index in [2.05, 4.69) is 0 Å². The van der Waals surface area contributed by atoms with Crippen LogP contribution in [0, 0.1) is 5.92 Å². The summed E-state index contributed by atoms with van der Waals surface area (Å²) >= 11 is 6.08. The number of rotatable bonds is 3. The first kappa shape index (κ1) is 13.8. The van der Waals surface area contributed by atoms with E-state index in [-0.39, 0.29) is 5.92 Å². The maximum Gasteiger partial charge on any atom is 0.212 e. The summed E-state index contributed by atoms with van der Waals surface area (Å²) < 4.78 is 28.5. The fourth-order valence-corrected chi connectivity index (χ4v) is 3.70. The Morgan fingerprint density at radius 2 is 2.11 bits per heavy atom. The Labute approximate surface area is 112 Å². The monoisotopic (exact) mass is 289 g/mol. The van der Waals surface area contributed by atoms with E-state index in [4.69, 9.17) is 21.5 Å². The van der Waals surface area contributed by atoms with Crippen molar-refractivity contribution >= 4 is 21.6 Å². The lowest BCUT2D eigenvalue weighted by atomic mass is 9.93. The molecule has 2 N–H and O–H groups in total. The molecular formula is C12H16ClNO3S. The van der Waals surface area contributed by atoms with Crippen LogP contribution in [0.2, 0.25) is 5.02 Å². The van der Waals surface area contributed by atoms with Crippen molar-refractivity contribution in [2.75, 3.05) is 13.2 Å². The van der Waals surface area contributed by atoms with Crippen molar-refractivity contribution in [3.63, 3.8) is 0 Å². The van der Waals surface area contributed by atoms with Gasteiger partial charge in [0.25, 0.3) is 0 Å². The number of hydrogen-bond donors (Lipinski definition) is 1. The summed E-state index contributed by atoms with van der Waals surface area (Å²) in [6, 6.07) is 7.43. The zero-order valence-electron chi connectivity index (χ0n) is 9.88. The van der Waals surface area contributed by atoms with E-state index in [1.54, 1.807) is 6.07 Å². The van der Waals surface area contributed by atoms with Crippen LogP contribution in [0.4, 0.5) is 0 Å². The molecule has 1 saturated heterocycles. The second-order valence-corrected chi connectivity index (χ2v) is 6.74. The molecule has 18 heavy (non-hydrogen) atoms. The number of nitrogens with two attached hydrogens (primary N) is 1. The van der Waals surface area contributed by atoms with Crippen LogP contribution in [0.3, 0.4) is 0 Å². The van der Waals surface area contributed by atoms with Gasteiger partial charge in [0.05, 0.1) is 11.9 Å². The number of sulfonamides is 1. The molecule has 0 aromatic heterocycles. The molecule has 1 fully saturated rings. The Balaban J connectivity index is 2.18. The molecule has 2 unspecified atom stereocenters. The number of primary sulfonamides is 1. The van der Waals surface area contributed by atoms with Crippen LogP contribution >= 0.6 is 11.6 Å². The lowest BCUT2D eigenvalue weighted by molar-refractivity contribution is 0.0572. The SMILES string of the molecule is NS(=O)(=O)C1CCOCC1Cc1ccccc1Cl. The summed E-state index contributed by atoms with van der Waals surface area (Å²) in [5.41, 5.74) is 0.934. The minimum Gasteiger partial charge on any atom is -0.381 e. The van der Waals surface area contributed by atoms with Crippen LogP contribution in [0.1, 0.15) is 12.0 Å². The third kappa shape index (κ3) is 3.23. The van der Waals surface area contributed by atoms with Crippen LogP contribution in [0.25, 0.3) is 0 Å². The number of benzene rings is 1. The number of ether oxygens (including phenoxy) is 1. The average molecular weight is 290 g/mol. The summed E-state index contributed by atoms with van der Waals surface area (Å²) in [5, 5.41) is 5.39. The van der Waals surface area contributed by atoms with Gasteiger partial charge in [0.2, 0.25) is 10.0 Å². The summed E-state index contributed by atoms with van der Waals surface area (Å²) in [6.07, 6.45) is 1.02. The van der Waals surface area contributed by atoms with E-state index in [0.29, 0.717) is 31.1 Å². The van der Waals surface area contributed by atoms with Gasteiger partial charge in [-0.05, 0) is 24.5 Å². The molecule has 0 spiro atoms. The molecule has 0 radical (unpaired) electrons. The van der Waals surface area contributed by atoms with Gasteiger partial charge in [-0.3, -0.25) is 0 Å². The predicted molar refractivity (Wildman–Crippen MR) is 71.0 cm³/mol. The van der Waals surface area contributed by atoms with Gasteiger partial charge in [0.15, 0.2) is 0 Å². The summed E-state index contributed by atoms with van der Waals surface area (Å²) in [6.45, 7) is 0.854. The summed E-state index contributed by atoms with van der Waals surface area (Å²) in [4.78, 5) is 0. The van der Waals surface area contributed by atoms with Crippen molar-refractivity contribution in [2.45, 2.75) is 18.1 Å². The van der Waals surface area contributed by atoms with Crippen molar-refractivity contribution in [3.05, 3.63) is 34.9 Å². The Kier molecular flexibility index (Phi) is 4.27. The molecule has 0 aliphatic carbocycles. The van der Waals surface area contributed by atoms with E-state index in [9.17, 15) is 8.42 Å². The first-order valence-electron chi connectivity index (χ1n) is 5.81. The summed E-state index contributed by atoms with van der Waals surface area (Å²) in [7, 11) is -3.53. The van der Waals surface area contributed by atoms with Crippen LogP contribution in [0.5, 0.6) is 0 Å². The fourth-order valence-electron chi connectivity index (χ4n) is 2.35. The van der Waals surface area contributed by atoms with Crippen molar-refractivity contribution in [3.8, 4) is 0 Å². The van der Waals surface area contributed by atoms with E-state index in [1.807, 2.05) is 18.2 Å². The molecule has 1 aliphatic rings. The molecule has 1 aliphatic heterocycles. The normalized spacial score (nSPS) is 25.0. The smallest absolute Gasteiger partial charge is 0.212 e. The molecule has 4 nitrogen and oxygen atoms in total. The molecule has 0 amide bonds. The molecule has 1 heterocycles. The predicted octanol–water partition coefficient (Wildman–Crippen LogP) is 1.58. The number of halogens is 1. The molecule has 2 rings (SSSR count). The van der Waals surface area contributed by atoms with Gasteiger partial charge in [0.1, 0.15) is 0 Å². The maximum atomic E-state index is 11.6. The Morgan fingerprint density at radius 3 is 2.78 bits per heavy atom. The topological polar surface area (TPSA) is 69.4 Å². The van der Waals surface area contributed by atoms with E-state index < -0.39 is 15.3 Å². The van der Waals surface area contributed by atoms with Gasteiger partial charge in [0, 0.05) is 17.5 Å². The van der Waals surface area contributed by atoms with Crippen LogP contribution < -0.4 is 5.14 Å². The lowest BCUT2D eigenvalue weighted by Gasteiger charge is -2.30. The van der Waals surface area contributed by atoms with E-state index in [1.165, 1.54) is 0 Å². The maximum absolute atomic E-state index is 11.6. The minimum absolute atomic E-state index is 0.131. The first-order chi connectivity index (χ1) is 8.48. The highest BCUT2D eigenvalue weighted by atomic mass is 35.5. The standard InChI is InChI=1S/C12H16ClNO3S/c13-11-4-2-1-3-9(11)7-10-8-17-6-5-12(10)18(14,15)16/h1-4,10,12H,5-8H2,(H2,14,15,16). The third-order valence-electron chi connectivity index (χ3n) is 3.27. The fraction of sp³-hybridized carbons (Fsp3) is 0.500. The zero-order chi connectivity index (χ0) is 13.2. The zero-order valence-corrected chi connectivity index (χ0v) is 11.5. The molecule has 1 aromatic carbocycles. The Hall–Kier alpha value is -0.620. The summed E-state index contributed by atoms with van der Waals surface area (Å²) in [5.74, 6) is -0.131. The highest BCUT2D eigenvalue weighted by Gasteiger charge is 2.34. The van der Waals surface area contributed by atoms with Crippen molar-refractivity contribution < 1.29 is 13.2 Å². The Morgan fingerprint density at radius 1 is 1.39 bits per heavy atom. The Bertz CT molecular complexity index is 518. The second-order valence-electron chi connectivity index (χ2n) is 4.55. The van der Waals surface area contributed by atoms with Gasteiger partial charge in [-0.1, -0.05) is 29.8 Å². The average Bonchev–Trinajstić information content (AvgIpc) is 2.31. The van der Waals surface area contributed by atoms with Crippen molar-refractivity contribution in [1.82, 2.24) is 0 Å². The molecule has 0 bridgehead atoms. The molecule has 0 saturated carbocycles. The van der Waals surface area contributed by atoms with Crippen LogP contribution in [0.15, 0.2) is 24.3 Å². The van der Waals surface area contributed by atoms with E-state index >= 15 is 0 Å². The van der Waals surface area contributed by atoms with Gasteiger partial charge in [-0.25, -0.2) is 13.6 Å². The van der Waals surface area contributed by atoms with Gasteiger partial charge in [-0.2, -0.15) is 0 Å². The van der Waals surface area contributed by atoms with E-state index in [0.717, 1.165) is 5.56 Å². The quantitative estimate of drug-likeness (QED) is 0.918. The van der Waals surface area contributed by atoms with Gasteiger partial charge >= 0.3 is 0 Å². The second kappa shape index (κ2) is 5.57. The highest BCUT2D eigenvalue weighted by molar-refractivity contribution is 7.89.